The van der Waals surface area contributed by atoms with Gasteiger partial charge in [-0.05, 0) is 49.9 Å². The van der Waals surface area contributed by atoms with Crippen molar-refractivity contribution >= 4 is 9.84 Å². The van der Waals surface area contributed by atoms with Crippen LogP contribution in [0, 0.1) is 17.8 Å². The van der Waals surface area contributed by atoms with Gasteiger partial charge >= 0.3 is 0 Å². The van der Waals surface area contributed by atoms with Gasteiger partial charge < -0.3 is 0 Å². The lowest BCUT2D eigenvalue weighted by molar-refractivity contribution is 0.107. The maximum atomic E-state index is 11.2. The molecule has 0 amide bonds. The zero-order chi connectivity index (χ0) is 14.6. The number of hydrogen-bond donors (Lipinski definition) is 2. The highest BCUT2D eigenvalue weighted by molar-refractivity contribution is 7.90. The Balaban J connectivity index is 1.81. The normalized spacial score (nSPS) is 32.6. The molecule has 0 radical (unpaired) electrons. The molecular formula is C15H30N2O2S. The van der Waals surface area contributed by atoms with Crippen molar-refractivity contribution in [2.45, 2.75) is 63.8 Å². The van der Waals surface area contributed by atoms with E-state index in [1.54, 1.807) is 0 Å². The summed E-state index contributed by atoms with van der Waals surface area (Å²) >= 11 is 0. The Bertz CT molecular complexity index is 397. The fraction of sp³-hybridized carbons (Fsp3) is 1.00. The standard InChI is InChI=1S/C15H30N2O2S/c1-20(18,19)10-4-7-15(17-16)14-9-8-12-5-2-3-6-13(12)11-14/h12-15,17H,2-11,16H2,1H3. The molecule has 0 aromatic rings. The Morgan fingerprint density at radius 3 is 2.50 bits per heavy atom. The fourth-order valence-corrected chi connectivity index (χ4v) is 4.99. The molecule has 2 aliphatic rings. The van der Waals surface area contributed by atoms with Crippen molar-refractivity contribution in [1.82, 2.24) is 5.43 Å². The number of nitrogens with one attached hydrogen (secondary N) is 1. The van der Waals surface area contributed by atoms with Crippen LogP contribution in [-0.4, -0.2) is 26.5 Å². The minimum absolute atomic E-state index is 0.282. The molecule has 118 valence electrons. The average molecular weight is 302 g/mol. The Morgan fingerprint density at radius 2 is 1.85 bits per heavy atom. The van der Waals surface area contributed by atoms with Gasteiger partial charge in [-0.15, -0.1) is 0 Å². The highest BCUT2D eigenvalue weighted by atomic mass is 32.2. The first kappa shape index (κ1) is 16.2. The molecule has 0 spiro atoms. The summed E-state index contributed by atoms with van der Waals surface area (Å²) in [5.74, 6) is 8.49. The van der Waals surface area contributed by atoms with Crippen molar-refractivity contribution in [2.75, 3.05) is 12.0 Å². The lowest BCUT2D eigenvalue weighted by Gasteiger charge is -2.41. The second-order valence-corrected chi connectivity index (χ2v) is 9.18. The first-order valence-electron chi connectivity index (χ1n) is 8.13. The van der Waals surface area contributed by atoms with Gasteiger partial charge in [0.15, 0.2) is 0 Å². The van der Waals surface area contributed by atoms with E-state index in [0.29, 0.717) is 12.0 Å². The monoisotopic (exact) mass is 302 g/mol. The highest BCUT2D eigenvalue weighted by Gasteiger charge is 2.34. The molecule has 0 bridgehead atoms. The molecule has 4 unspecified atom stereocenters. The molecule has 2 aliphatic carbocycles. The summed E-state index contributed by atoms with van der Waals surface area (Å²) in [6.07, 6.45) is 12.4. The molecule has 5 heteroatoms. The van der Waals surface area contributed by atoms with E-state index in [9.17, 15) is 8.42 Å². The molecule has 0 heterocycles. The summed E-state index contributed by atoms with van der Waals surface area (Å²) in [5.41, 5.74) is 2.96. The highest BCUT2D eigenvalue weighted by Crippen LogP contribution is 2.43. The van der Waals surface area contributed by atoms with Crippen LogP contribution in [0.15, 0.2) is 0 Å². The van der Waals surface area contributed by atoms with Crippen LogP contribution in [0.5, 0.6) is 0 Å². The molecular weight excluding hydrogens is 272 g/mol. The minimum atomic E-state index is -2.85. The molecule has 3 N–H and O–H groups in total. The van der Waals surface area contributed by atoms with Crippen LogP contribution in [0.4, 0.5) is 0 Å². The number of nitrogens with two attached hydrogens (primary N) is 1. The van der Waals surface area contributed by atoms with Gasteiger partial charge in [0.05, 0.1) is 0 Å². The number of rotatable bonds is 6. The maximum Gasteiger partial charge on any atom is 0.147 e. The predicted octanol–water partition coefficient (Wildman–Crippen LogP) is 2.25. The molecule has 20 heavy (non-hydrogen) atoms. The maximum absolute atomic E-state index is 11.2. The number of fused-ring (bicyclic) bond motifs is 1. The van der Waals surface area contributed by atoms with Gasteiger partial charge in [-0.3, -0.25) is 11.3 Å². The van der Waals surface area contributed by atoms with E-state index < -0.39 is 9.84 Å². The summed E-state index contributed by atoms with van der Waals surface area (Å²) in [6, 6.07) is 0.291. The van der Waals surface area contributed by atoms with Crippen LogP contribution in [-0.2, 0) is 9.84 Å². The third kappa shape index (κ3) is 4.71. The summed E-state index contributed by atoms with van der Waals surface area (Å²) in [5, 5.41) is 0. The predicted molar refractivity (Wildman–Crippen MR) is 82.8 cm³/mol. The molecule has 0 aromatic carbocycles. The van der Waals surface area contributed by atoms with Crippen LogP contribution in [0.1, 0.15) is 57.8 Å². The Morgan fingerprint density at radius 1 is 1.15 bits per heavy atom. The average Bonchev–Trinajstić information content (AvgIpc) is 2.42. The van der Waals surface area contributed by atoms with E-state index in [1.165, 1.54) is 51.2 Å². The van der Waals surface area contributed by atoms with Gasteiger partial charge in [-0.2, -0.15) is 0 Å². The van der Waals surface area contributed by atoms with Crippen LogP contribution in [0.25, 0.3) is 0 Å². The van der Waals surface area contributed by atoms with Crippen molar-refractivity contribution in [3.05, 3.63) is 0 Å². The lowest BCUT2D eigenvalue weighted by atomic mass is 9.66. The summed E-state index contributed by atoms with van der Waals surface area (Å²) < 4.78 is 22.4. The molecule has 2 saturated carbocycles. The SMILES string of the molecule is CS(=O)(=O)CCCC(NN)C1CCC2CCCCC2C1. The summed E-state index contributed by atoms with van der Waals surface area (Å²) in [4.78, 5) is 0. The summed E-state index contributed by atoms with van der Waals surface area (Å²) in [7, 11) is -2.85. The van der Waals surface area contributed by atoms with Crippen molar-refractivity contribution in [3.8, 4) is 0 Å². The second kappa shape index (κ2) is 7.23. The lowest BCUT2D eigenvalue weighted by Crippen LogP contribution is -2.44. The van der Waals surface area contributed by atoms with Crippen LogP contribution in [0.3, 0.4) is 0 Å². The van der Waals surface area contributed by atoms with Crippen LogP contribution in [0.2, 0.25) is 0 Å². The fourth-order valence-electron chi connectivity index (χ4n) is 4.30. The van der Waals surface area contributed by atoms with Crippen LogP contribution < -0.4 is 11.3 Å². The molecule has 0 aliphatic heterocycles. The Labute approximate surface area is 123 Å². The van der Waals surface area contributed by atoms with Gasteiger partial charge in [0.1, 0.15) is 9.84 Å². The van der Waals surface area contributed by atoms with Crippen molar-refractivity contribution < 1.29 is 8.42 Å². The zero-order valence-electron chi connectivity index (χ0n) is 12.7. The molecule has 0 saturated heterocycles. The second-order valence-electron chi connectivity index (χ2n) is 6.92. The van der Waals surface area contributed by atoms with E-state index in [2.05, 4.69) is 5.43 Å². The molecule has 0 aromatic heterocycles. The first-order chi connectivity index (χ1) is 9.49. The third-order valence-electron chi connectivity index (χ3n) is 5.39. The van der Waals surface area contributed by atoms with Gasteiger partial charge in [0, 0.05) is 18.1 Å². The number of hydrogen-bond acceptors (Lipinski definition) is 4. The molecule has 2 fully saturated rings. The molecule has 4 atom stereocenters. The van der Waals surface area contributed by atoms with E-state index >= 15 is 0 Å². The van der Waals surface area contributed by atoms with Crippen molar-refractivity contribution in [3.63, 3.8) is 0 Å². The summed E-state index contributed by atoms with van der Waals surface area (Å²) in [6.45, 7) is 0. The van der Waals surface area contributed by atoms with Crippen molar-refractivity contribution in [2.24, 2.45) is 23.6 Å². The third-order valence-corrected chi connectivity index (χ3v) is 6.42. The van der Waals surface area contributed by atoms with E-state index in [1.807, 2.05) is 0 Å². The zero-order valence-corrected chi connectivity index (χ0v) is 13.5. The quantitative estimate of drug-likeness (QED) is 0.583. The first-order valence-corrected chi connectivity index (χ1v) is 10.2. The Kier molecular flexibility index (Phi) is 5.87. The van der Waals surface area contributed by atoms with Gasteiger partial charge in [0.25, 0.3) is 0 Å². The Hall–Kier alpha value is -0.130. The van der Waals surface area contributed by atoms with E-state index in [-0.39, 0.29) is 5.75 Å². The molecule has 4 nitrogen and oxygen atoms in total. The topological polar surface area (TPSA) is 72.2 Å². The van der Waals surface area contributed by atoms with Gasteiger partial charge in [-0.25, -0.2) is 8.42 Å². The largest absolute Gasteiger partial charge is 0.271 e. The smallest absolute Gasteiger partial charge is 0.147 e. The molecule has 2 rings (SSSR count). The van der Waals surface area contributed by atoms with E-state index in [0.717, 1.165) is 24.7 Å². The van der Waals surface area contributed by atoms with Crippen LogP contribution >= 0.6 is 0 Å². The minimum Gasteiger partial charge on any atom is -0.271 e. The van der Waals surface area contributed by atoms with Gasteiger partial charge in [0.2, 0.25) is 0 Å². The number of hydrazine groups is 1. The number of sulfone groups is 1. The van der Waals surface area contributed by atoms with Gasteiger partial charge in [-0.1, -0.05) is 25.7 Å². The van der Waals surface area contributed by atoms with Crippen molar-refractivity contribution in [1.29, 1.82) is 0 Å². The van der Waals surface area contributed by atoms with E-state index in [4.69, 9.17) is 5.84 Å².